The number of halogens is 5. The lowest BCUT2D eigenvalue weighted by molar-refractivity contribution is -0.285. The number of benzene rings is 3. The molecule has 1 amide bonds. The number of anilines is 1. The van der Waals surface area contributed by atoms with E-state index in [0.29, 0.717) is 35.4 Å². The van der Waals surface area contributed by atoms with Crippen LogP contribution in [0.4, 0.5) is 23.2 Å². The lowest BCUT2D eigenvalue weighted by atomic mass is 9.87. The van der Waals surface area contributed by atoms with Crippen molar-refractivity contribution in [2.24, 2.45) is 0 Å². The fourth-order valence-corrected chi connectivity index (χ4v) is 4.94. The number of rotatable bonds is 6. The van der Waals surface area contributed by atoms with Gasteiger partial charge in [-0.3, -0.25) is 4.79 Å². The fraction of sp³-hybridized carbons (Fsp3) is 0.345. The number of carbonyl (C=O) groups excluding carboxylic acids is 1. The zero-order valence-corrected chi connectivity index (χ0v) is 21.6. The smallest absolute Gasteiger partial charge is 0.424 e. The van der Waals surface area contributed by atoms with Crippen LogP contribution in [0.5, 0.6) is 5.75 Å². The van der Waals surface area contributed by atoms with Crippen molar-refractivity contribution in [1.29, 1.82) is 0 Å². The number of hydrogen-bond acceptors (Lipinski definition) is 3. The molecule has 1 aliphatic heterocycles. The van der Waals surface area contributed by atoms with E-state index in [1.165, 1.54) is 11.0 Å². The van der Waals surface area contributed by atoms with Crippen LogP contribution in [-0.4, -0.2) is 36.0 Å². The summed E-state index contributed by atoms with van der Waals surface area (Å²) in [5.74, 6) is -0.405. The lowest BCUT2D eigenvalue weighted by Crippen LogP contribution is -2.49. The topological polar surface area (TPSA) is 49.8 Å². The van der Waals surface area contributed by atoms with Gasteiger partial charge in [0.2, 0.25) is 11.5 Å². The maximum Gasteiger partial charge on any atom is 0.424 e. The second-order valence-electron chi connectivity index (χ2n) is 9.51. The molecule has 4 rings (SSSR count). The Kier molecular flexibility index (Phi) is 8.04. The quantitative estimate of drug-likeness (QED) is 0.338. The number of para-hydroxylation sites is 1. The van der Waals surface area contributed by atoms with E-state index in [-0.39, 0.29) is 18.9 Å². The molecule has 3 aromatic carbocycles. The molecule has 9 heteroatoms. The summed E-state index contributed by atoms with van der Waals surface area (Å²) in [4.78, 5) is 15.3. The molecular formula is C29H28ClF4NO3. The number of carbonyl (C=O) groups is 1. The summed E-state index contributed by atoms with van der Waals surface area (Å²) in [6.45, 7) is 2.55. The van der Waals surface area contributed by atoms with Gasteiger partial charge in [-0.05, 0) is 61.6 Å². The molecule has 0 saturated heterocycles. The van der Waals surface area contributed by atoms with Crippen LogP contribution in [0.1, 0.15) is 42.9 Å². The minimum absolute atomic E-state index is 0.122. The standard InChI is InChI=1S/C29H28ClF4NO3/c1-18(20-8-4-3-5-9-20)27(36)35-17-23(38-26-11-7-6-10-24(26)30)14-12-21-16-22(13-15-25(21)35)28(37,19(2)31)29(32,33)34/h3-11,13,15-16,18-19,23,37H,12,14,17H2,1-2H3/t18-,19?,23-,28?/m0/s1. The highest BCUT2D eigenvalue weighted by molar-refractivity contribution is 6.32. The van der Waals surface area contributed by atoms with E-state index in [0.717, 1.165) is 17.7 Å². The second-order valence-corrected chi connectivity index (χ2v) is 9.92. The van der Waals surface area contributed by atoms with Gasteiger partial charge in [-0.25, -0.2) is 4.39 Å². The highest BCUT2D eigenvalue weighted by Gasteiger charge is 2.59. The van der Waals surface area contributed by atoms with E-state index < -0.39 is 35.5 Å². The predicted octanol–water partition coefficient (Wildman–Crippen LogP) is 6.98. The maximum absolute atomic E-state index is 14.2. The highest BCUT2D eigenvalue weighted by Crippen LogP contribution is 2.44. The summed E-state index contributed by atoms with van der Waals surface area (Å²) in [5, 5.41) is 10.8. The fourth-order valence-electron chi connectivity index (χ4n) is 4.76. The largest absolute Gasteiger partial charge is 0.487 e. The second kappa shape index (κ2) is 10.9. The summed E-state index contributed by atoms with van der Waals surface area (Å²) in [7, 11) is 0. The first-order valence-electron chi connectivity index (χ1n) is 12.3. The Balaban J connectivity index is 1.76. The molecule has 0 radical (unpaired) electrons. The van der Waals surface area contributed by atoms with Gasteiger partial charge in [0.15, 0.2) is 0 Å². The number of hydrogen-bond donors (Lipinski definition) is 1. The molecule has 1 heterocycles. The zero-order chi connectivity index (χ0) is 27.7. The van der Waals surface area contributed by atoms with E-state index in [4.69, 9.17) is 16.3 Å². The van der Waals surface area contributed by atoms with Crippen LogP contribution < -0.4 is 9.64 Å². The van der Waals surface area contributed by atoms with Gasteiger partial charge < -0.3 is 14.7 Å². The van der Waals surface area contributed by atoms with Crippen LogP contribution in [0.2, 0.25) is 5.02 Å². The Morgan fingerprint density at radius 1 is 1.05 bits per heavy atom. The third kappa shape index (κ3) is 5.38. The molecule has 4 atom stereocenters. The third-order valence-electron chi connectivity index (χ3n) is 7.01. The Labute approximate surface area is 223 Å². The Morgan fingerprint density at radius 3 is 2.34 bits per heavy atom. The van der Waals surface area contributed by atoms with Crippen LogP contribution in [-0.2, 0) is 16.8 Å². The van der Waals surface area contributed by atoms with Crippen LogP contribution in [0.15, 0.2) is 72.8 Å². The summed E-state index contributed by atoms with van der Waals surface area (Å²) >= 11 is 6.27. The lowest BCUT2D eigenvalue weighted by Gasteiger charge is -2.33. The van der Waals surface area contributed by atoms with Crippen molar-refractivity contribution in [3.05, 3.63) is 94.5 Å². The van der Waals surface area contributed by atoms with Crippen molar-refractivity contribution in [2.45, 2.75) is 56.7 Å². The summed E-state index contributed by atoms with van der Waals surface area (Å²) < 4.78 is 61.8. The third-order valence-corrected chi connectivity index (χ3v) is 7.32. The molecule has 0 aromatic heterocycles. The number of nitrogens with zero attached hydrogens (tertiary/aromatic N) is 1. The zero-order valence-electron chi connectivity index (χ0n) is 20.9. The molecule has 38 heavy (non-hydrogen) atoms. The molecule has 3 aromatic rings. The molecule has 202 valence electrons. The van der Waals surface area contributed by atoms with Crippen LogP contribution in [0, 0.1) is 0 Å². The van der Waals surface area contributed by atoms with Gasteiger partial charge in [0.05, 0.1) is 17.5 Å². The van der Waals surface area contributed by atoms with Gasteiger partial charge in [0, 0.05) is 5.69 Å². The SMILES string of the molecule is CC(F)C(O)(c1ccc2c(c1)CC[C@H](Oc1ccccc1Cl)CN2C(=O)[C@@H](C)c1ccccc1)C(F)(F)F. The Morgan fingerprint density at radius 2 is 1.71 bits per heavy atom. The molecule has 0 saturated carbocycles. The monoisotopic (exact) mass is 549 g/mol. The molecule has 4 nitrogen and oxygen atoms in total. The number of aliphatic hydroxyl groups is 1. The number of alkyl halides is 4. The number of amides is 1. The van der Waals surface area contributed by atoms with Gasteiger partial charge in [0.25, 0.3) is 0 Å². The van der Waals surface area contributed by atoms with Gasteiger partial charge in [-0.2, -0.15) is 13.2 Å². The van der Waals surface area contributed by atoms with Gasteiger partial charge in [-0.1, -0.05) is 66.2 Å². The number of fused-ring (bicyclic) bond motifs is 1. The normalized spacial score (nSPS) is 19.1. The molecule has 2 unspecified atom stereocenters. The first-order valence-corrected chi connectivity index (χ1v) is 12.6. The van der Waals surface area contributed by atoms with Crippen LogP contribution in [0.25, 0.3) is 0 Å². The molecule has 0 bridgehead atoms. The Hall–Kier alpha value is -3.10. The van der Waals surface area contributed by atoms with Crippen LogP contribution in [0.3, 0.4) is 0 Å². The van der Waals surface area contributed by atoms with E-state index in [1.807, 2.05) is 30.3 Å². The molecule has 1 N–H and O–H groups in total. The molecule has 1 aliphatic rings. The molecule has 0 spiro atoms. The minimum Gasteiger partial charge on any atom is -0.487 e. The van der Waals surface area contributed by atoms with E-state index >= 15 is 0 Å². The van der Waals surface area contributed by atoms with Gasteiger partial charge in [0.1, 0.15) is 18.0 Å². The van der Waals surface area contributed by atoms with E-state index in [9.17, 15) is 27.5 Å². The van der Waals surface area contributed by atoms with Crippen molar-refractivity contribution in [3.63, 3.8) is 0 Å². The first kappa shape index (κ1) is 27.9. The van der Waals surface area contributed by atoms with Crippen molar-refractivity contribution in [2.75, 3.05) is 11.4 Å². The summed E-state index contributed by atoms with van der Waals surface area (Å²) in [6, 6.07) is 19.5. The van der Waals surface area contributed by atoms with Crippen molar-refractivity contribution in [1.82, 2.24) is 0 Å². The highest BCUT2D eigenvalue weighted by atomic mass is 35.5. The molecule has 0 aliphatic carbocycles. The summed E-state index contributed by atoms with van der Waals surface area (Å²) in [6.07, 6.45) is -7.80. The van der Waals surface area contributed by atoms with E-state index in [1.54, 1.807) is 31.2 Å². The van der Waals surface area contributed by atoms with Gasteiger partial charge in [-0.15, -0.1) is 0 Å². The minimum atomic E-state index is -5.24. The Bertz CT molecular complexity index is 1280. The average Bonchev–Trinajstić information content (AvgIpc) is 3.07. The van der Waals surface area contributed by atoms with Gasteiger partial charge >= 0.3 is 6.18 Å². The van der Waals surface area contributed by atoms with Crippen molar-refractivity contribution in [3.8, 4) is 5.75 Å². The molecule has 0 fully saturated rings. The van der Waals surface area contributed by atoms with E-state index in [2.05, 4.69) is 0 Å². The maximum atomic E-state index is 14.2. The number of aryl methyl sites for hydroxylation is 1. The number of ether oxygens (including phenoxy) is 1. The van der Waals surface area contributed by atoms with Crippen LogP contribution >= 0.6 is 11.6 Å². The molecular weight excluding hydrogens is 522 g/mol. The van der Waals surface area contributed by atoms with Crippen molar-refractivity contribution >= 4 is 23.2 Å². The average molecular weight is 550 g/mol. The predicted molar refractivity (Wildman–Crippen MR) is 138 cm³/mol. The van der Waals surface area contributed by atoms with Crippen molar-refractivity contribution < 1.29 is 32.2 Å². The first-order chi connectivity index (χ1) is 17.9. The summed E-state index contributed by atoms with van der Waals surface area (Å²) in [5.41, 5.74) is -2.75.